The smallest absolute Gasteiger partial charge is 0.349 e. The van der Waals surface area contributed by atoms with Gasteiger partial charge in [-0.1, -0.05) is 163 Å². The number of carbonyl (C=O) groups excluding carboxylic acids is 2. The van der Waals surface area contributed by atoms with Crippen molar-refractivity contribution in [2.45, 2.75) is 95.3 Å². The van der Waals surface area contributed by atoms with Gasteiger partial charge in [-0.25, -0.2) is 9.89 Å². The number of hydrogen-bond acceptors (Lipinski definition) is 9. The minimum absolute atomic E-state index is 0.0310. The molecule has 1 fully saturated rings. The number of aliphatic imine (C=N–C) groups is 1. The van der Waals surface area contributed by atoms with Crippen LogP contribution >= 0.6 is 11.6 Å². The van der Waals surface area contributed by atoms with E-state index in [1.165, 1.54) is 20.7 Å². The Labute approximate surface area is 446 Å². The molecule has 0 unspecified atom stereocenters. The van der Waals surface area contributed by atoms with Crippen LogP contribution in [0.5, 0.6) is 0 Å². The van der Waals surface area contributed by atoms with Gasteiger partial charge in [-0.3, -0.25) is 19.5 Å². The van der Waals surface area contributed by atoms with E-state index in [9.17, 15) is 9.59 Å². The molecule has 0 aliphatic carbocycles. The highest BCUT2D eigenvalue weighted by atomic mass is 35.5. The first-order chi connectivity index (χ1) is 35.7. The van der Waals surface area contributed by atoms with Gasteiger partial charge in [0.1, 0.15) is 6.67 Å². The lowest BCUT2D eigenvalue weighted by atomic mass is 10.1. The zero-order valence-electron chi connectivity index (χ0n) is 44.3. The van der Waals surface area contributed by atoms with E-state index in [-0.39, 0.29) is 46.5 Å². The second-order valence-corrected chi connectivity index (χ2v) is 31.2. The van der Waals surface area contributed by atoms with Crippen LogP contribution < -0.4 is 36.7 Å². The maximum absolute atomic E-state index is 14.0. The third-order valence-electron chi connectivity index (χ3n) is 15.3. The average molecular weight is 1050 g/mol. The second kappa shape index (κ2) is 23.0. The fraction of sp³-hybridized carbons (Fsp3) is 0.424. The van der Waals surface area contributed by atoms with E-state index in [1.807, 2.05) is 0 Å². The molecule has 0 spiro atoms. The minimum atomic E-state index is -2.74. The lowest BCUT2D eigenvalue weighted by Crippen LogP contribution is -2.68. The fourth-order valence-corrected chi connectivity index (χ4v) is 21.0. The number of halogens is 1. The average Bonchev–Trinajstić information content (AvgIpc) is 3.43. The fourth-order valence-electron chi connectivity index (χ4n) is 11.7. The number of hydrogen-bond donors (Lipinski definition) is 3. The highest BCUT2D eigenvalue weighted by Gasteiger charge is 2.52. The third kappa shape index (κ3) is 11.3. The van der Waals surface area contributed by atoms with Gasteiger partial charge >= 0.3 is 5.96 Å². The predicted octanol–water partition coefficient (Wildman–Crippen LogP) is 6.53. The van der Waals surface area contributed by atoms with E-state index in [2.05, 4.69) is 198 Å². The molecule has 74 heavy (non-hydrogen) atoms. The van der Waals surface area contributed by atoms with Crippen LogP contribution in [0.4, 0.5) is 0 Å². The van der Waals surface area contributed by atoms with E-state index in [0.29, 0.717) is 36.6 Å². The van der Waals surface area contributed by atoms with Crippen LogP contribution in [0.3, 0.4) is 0 Å². The summed E-state index contributed by atoms with van der Waals surface area (Å²) in [4.78, 5) is 40.1. The van der Waals surface area contributed by atoms with Crippen molar-refractivity contribution in [1.29, 1.82) is 0 Å². The molecule has 12 nitrogen and oxygen atoms in total. The first kappa shape index (κ1) is 53.1. The van der Waals surface area contributed by atoms with Crippen LogP contribution in [-0.2, 0) is 14.7 Å². The number of amides is 2. The van der Waals surface area contributed by atoms with Gasteiger partial charge in [0.2, 0.25) is 0 Å². The van der Waals surface area contributed by atoms with Crippen molar-refractivity contribution in [1.82, 2.24) is 30.7 Å². The van der Waals surface area contributed by atoms with Gasteiger partial charge in [0, 0.05) is 49.5 Å². The Hall–Kier alpha value is -5.78. The normalized spacial score (nSPS) is 18.5. The molecule has 3 N–H and O–H groups in total. The lowest BCUT2D eigenvalue weighted by molar-refractivity contribution is -0.546. The number of nitrogens with zero attached hydrogens (tertiary/aromatic N) is 5. The van der Waals surface area contributed by atoms with Crippen LogP contribution in [-0.4, -0.2) is 138 Å². The molecule has 9 rings (SSSR count). The molecular formula is C59H76ClN8O4Si2+. The van der Waals surface area contributed by atoms with Crippen LogP contribution in [0.25, 0.3) is 0 Å². The highest BCUT2D eigenvalue weighted by Crippen LogP contribution is 2.38. The number of carbonyl (C=O) groups is 2. The molecule has 4 heterocycles. The summed E-state index contributed by atoms with van der Waals surface area (Å²) in [5.74, 6) is 1.54. The molecule has 2 atom stereocenters. The molecular weight excluding hydrogens is 976 g/mol. The van der Waals surface area contributed by atoms with Gasteiger partial charge in [-0.2, -0.15) is 0 Å². The molecule has 0 aromatic heterocycles. The summed E-state index contributed by atoms with van der Waals surface area (Å²) in [5.41, 5.74) is 1.48. The van der Waals surface area contributed by atoms with E-state index in [0.717, 1.165) is 76.9 Å². The zero-order chi connectivity index (χ0) is 51.9. The number of nitrogens with one attached hydrogen (secondary N) is 3. The molecule has 390 valence electrons. The van der Waals surface area contributed by atoms with Crippen LogP contribution in [0, 0.1) is 0 Å². The molecule has 0 saturated carbocycles. The van der Waals surface area contributed by atoms with Crippen molar-refractivity contribution >= 4 is 72.7 Å². The maximum atomic E-state index is 14.0. The van der Waals surface area contributed by atoms with Crippen molar-refractivity contribution in [3.8, 4) is 0 Å². The Kier molecular flexibility index (Phi) is 16.5. The quantitative estimate of drug-likeness (QED) is 0.0549. The van der Waals surface area contributed by atoms with Crippen molar-refractivity contribution < 1.29 is 23.0 Å². The van der Waals surface area contributed by atoms with Crippen molar-refractivity contribution in [2.75, 3.05) is 65.8 Å². The summed E-state index contributed by atoms with van der Waals surface area (Å²) in [5, 5.41) is 15.0. The summed E-state index contributed by atoms with van der Waals surface area (Å²) in [6, 6.07) is 48.3. The predicted molar refractivity (Wildman–Crippen MR) is 304 cm³/mol. The second-order valence-electron chi connectivity index (χ2n) is 22.4. The van der Waals surface area contributed by atoms with Crippen molar-refractivity contribution in [3.05, 3.63) is 156 Å². The van der Waals surface area contributed by atoms with Crippen molar-refractivity contribution in [3.63, 3.8) is 0 Å². The molecule has 5 aromatic rings. The largest absolute Gasteiger partial charge is 0.405 e. The Morgan fingerprint density at radius 1 is 0.635 bits per heavy atom. The van der Waals surface area contributed by atoms with Crippen LogP contribution in [0.2, 0.25) is 10.1 Å². The molecule has 5 aromatic carbocycles. The van der Waals surface area contributed by atoms with Gasteiger partial charge in [0.25, 0.3) is 28.4 Å². The molecule has 4 aliphatic heterocycles. The summed E-state index contributed by atoms with van der Waals surface area (Å²) in [7, 11) is -5.46. The number of guanidine groups is 2. The van der Waals surface area contributed by atoms with Crippen LogP contribution in [0.15, 0.2) is 145 Å². The SMILES string of the molecule is CC(C)(C)[Si](OC[C@@H]1CCN2CCCN(CNC(=O)c3cc(CCl)cc(C(=O)NCN4CCC[N+]5=C4N[C@H](CO[Si](c4ccccc4)(c4ccccc4)C(C)(C)C)CC5)c3)C2=N1)(c1ccccc1)c1ccccc1. The first-order valence-electron chi connectivity index (χ1n) is 26.7. The van der Waals surface area contributed by atoms with Gasteiger partial charge in [-0.15, -0.1) is 11.6 Å². The molecule has 0 bridgehead atoms. The Balaban J connectivity index is 0.842. The standard InChI is InChI=1S/C59H75ClN8O4Si2/c1-58(2,3)73(50-21-11-7-12-22-50,51-23-13-8-14-24-51)71-41-48-29-35-65-31-19-33-67(56(65)63-48)43-61-54(69)46-37-45(40-60)38-47(39-46)55(70)62-44-68-34-20-32-66-36-30-49(64-57(66)68)42-72-74(59(4,5)6,52-25-15-9-16-26-52)53-27-17-10-18-28-53/h7-18,21-28,37-39,48-49H,19-20,29-36,40-44H2,1-6H3,(H2,61,62,69,70)/p+1/t48-,49-/m0/s1. The summed E-state index contributed by atoms with van der Waals surface area (Å²) in [6.07, 6.45) is 3.78. The molecule has 4 aliphatic rings. The lowest BCUT2D eigenvalue weighted by Gasteiger charge is -2.45. The Bertz CT molecular complexity index is 2690. The maximum Gasteiger partial charge on any atom is 0.349 e. The van der Waals surface area contributed by atoms with Gasteiger partial charge in [-0.05, 0) is 67.4 Å². The number of fused-ring (bicyclic) bond motifs is 1. The summed E-state index contributed by atoms with van der Waals surface area (Å²) >= 11 is 6.42. The molecule has 15 heteroatoms. The third-order valence-corrected chi connectivity index (χ3v) is 25.7. The van der Waals surface area contributed by atoms with E-state index < -0.39 is 16.6 Å². The van der Waals surface area contributed by atoms with Gasteiger partial charge in [0.15, 0.2) is 5.96 Å². The zero-order valence-corrected chi connectivity index (χ0v) is 47.0. The molecule has 1 saturated heterocycles. The molecule has 2 amide bonds. The summed E-state index contributed by atoms with van der Waals surface area (Å²) < 4.78 is 17.1. The first-order valence-corrected chi connectivity index (χ1v) is 31.0. The Morgan fingerprint density at radius 2 is 1.12 bits per heavy atom. The minimum Gasteiger partial charge on any atom is -0.405 e. The van der Waals surface area contributed by atoms with Gasteiger partial charge < -0.3 is 29.3 Å². The molecule has 0 radical (unpaired) electrons. The monoisotopic (exact) mass is 1050 g/mol. The topological polar surface area (TPSA) is 114 Å². The van der Waals surface area contributed by atoms with E-state index in [1.54, 1.807) is 18.2 Å². The summed E-state index contributed by atoms with van der Waals surface area (Å²) in [6.45, 7) is 20.7. The van der Waals surface area contributed by atoms with E-state index >= 15 is 0 Å². The van der Waals surface area contributed by atoms with E-state index in [4.69, 9.17) is 25.4 Å². The highest BCUT2D eigenvalue weighted by molar-refractivity contribution is 7.00. The van der Waals surface area contributed by atoms with Gasteiger partial charge in [0.05, 0.1) is 51.6 Å². The van der Waals surface area contributed by atoms with Crippen molar-refractivity contribution in [2.24, 2.45) is 4.99 Å². The number of rotatable bonds is 17. The van der Waals surface area contributed by atoms with Crippen LogP contribution in [0.1, 0.15) is 93.5 Å². The number of alkyl halides is 1. The Morgan fingerprint density at radius 3 is 1.62 bits per heavy atom. The number of benzene rings is 5.